The molecule has 0 saturated carbocycles. The smallest absolute Gasteiger partial charge is 0.368 e. The molecule has 0 spiro atoms. The van der Waals surface area contributed by atoms with Crippen molar-refractivity contribution in [3.63, 3.8) is 0 Å². The van der Waals surface area contributed by atoms with Gasteiger partial charge in [-0.05, 0) is 12.1 Å². The summed E-state index contributed by atoms with van der Waals surface area (Å²) in [5, 5.41) is 14.0. The van der Waals surface area contributed by atoms with Gasteiger partial charge in [0.1, 0.15) is 5.71 Å². The van der Waals surface area contributed by atoms with E-state index < -0.39 is 5.97 Å². The minimum Gasteiger partial charge on any atom is -0.504 e. The van der Waals surface area contributed by atoms with Crippen LogP contribution in [0.15, 0.2) is 59.3 Å². The number of phenols is 1. The maximum atomic E-state index is 11.9. The zero-order chi connectivity index (χ0) is 15.5. The number of ether oxygens (including phenoxy) is 1. The van der Waals surface area contributed by atoms with Crippen molar-refractivity contribution in [1.29, 1.82) is 0 Å². The predicted octanol–water partition coefficient (Wildman–Crippen LogP) is 2.75. The van der Waals surface area contributed by atoms with Crippen molar-refractivity contribution in [2.24, 2.45) is 5.16 Å². The molecule has 110 valence electrons. The van der Waals surface area contributed by atoms with Crippen LogP contribution in [0.25, 0.3) is 6.08 Å². The van der Waals surface area contributed by atoms with E-state index in [-0.39, 0.29) is 11.3 Å². The molecule has 22 heavy (non-hydrogen) atoms. The van der Waals surface area contributed by atoms with Crippen molar-refractivity contribution in [1.82, 2.24) is 0 Å². The van der Waals surface area contributed by atoms with E-state index in [2.05, 4.69) is 5.16 Å². The zero-order valence-corrected chi connectivity index (χ0v) is 11.8. The molecule has 1 aliphatic heterocycles. The zero-order valence-electron chi connectivity index (χ0n) is 11.8. The lowest BCUT2D eigenvalue weighted by Gasteiger charge is -2.06. The largest absolute Gasteiger partial charge is 0.504 e. The predicted molar refractivity (Wildman–Crippen MR) is 81.7 cm³/mol. The third kappa shape index (κ3) is 2.44. The molecule has 2 aromatic rings. The molecule has 1 N–H and O–H groups in total. The summed E-state index contributed by atoms with van der Waals surface area (Å²) in [7, 11) is 1.46. The Morgan fingerprint density at radius 3 is 2.64 bits per heavy atom. The number of carbonyl (C=O) groups is 1. The summed E-state index contributed by atoms with van der Waals surface area (Å²) >= 11 is 0. The van der Waals surface area contributed by atoms with Crippen molar-refractivity contribution in [3.05, 3.63) is 65.2 Å². The summed E-state index contributed by atoms with van der Waals surface area (Å²) in [5.74, 6) is -0.260. The lowest BCUT2D eigenvalue weighted by molar-refractivity contribution is -0.136. The van der Waals surface area contributed by atoms with Gasteiger partial charge in [-0.15, -0.1) is 0 Å². The molecule has 0 unspecified atom stereocenters. The van der Waals surface area contributed by atoms with Crippen LogP contribution in [0.4, 0.5) is 0 Å². The molecule has 0 atom stereocenters. The lowest BCUT2D eigenvalue weighted by Crippen LogP contribution is -2.06. The van der Waals surface area contributed by atoms with Gasteiger partial charge in [-0.1, -0.05) is 47.6 Å². The number of benzene rings is 2. The molecule has 1 aliphatic rings. The van der Waals surface area contributed by atoms with Crippen LogP contribution in [-0.2, 0) is 9.63 Å². The topological polar surface area (TPSA) is 68.1 Å². The number of hydrogen-bond acceptors (Lipinski definition) is 5. The molecule has 0 saturated heterocycles. The third-order valence-corrected chi connectivity index (χ3v) is 3.29. The van der Waals surface area contributed by atoms with E-state index in [4.69, 9.17) is 9.57 Å². The van der Waals surface area contributed by atoms with Crippen molar-refractivity contribution in [3.8, 4) is 11.5 Å². The van der Waals surface area contributed by atoms with Crippen molar-refractivity contribution >= 4 is 17.8 Å². The molecule has 2 aromatic carbocycles. The molecule has 1 heterocycles. The van der Waals surface area contributed by atoms with E-state index in [1.54, 1.807) is 24.3 Å². The molecule has 0 fully saturated rings. The summed E-state index contributed by atoms with van der Waals surface area (Å²) < 4.78 is 5.06. The molecule has 0 aromatic heterocycles. The fraction of sp³-hybridized carbons (Fsp3) is 0.0588. The first kappa shape index (κ1) is 13.9. The van der Waals surface area contributed by atoms with Gasteiger partial charge in [0, 0.05) is 11.1 Å². The minimum atomic E-state index is -0.555. The van der Waals surface area contributed by atoms with Crippen LogP contribution in [0.1, 0.15) is 11.1 Å². The summed E-state index contributed by atoms with van der Waals surface area (Å²) in [6.07, 6.45) is 1.54. The number of aromatic hydroxyl groups is 1. The number of rotatable bonds is 3. The highest BCUT2D eigenvalue weighted by molar-refractivity contribution is 6.31. The number of hydrogen-bond donors (Lipinski definition) is 1. The quantitative estimate of drug-likeness (QED) is 0.698. The van der Waals surface area contributed by atoms with Crippen molar-refractivity contribution in [2.45, 2.75) is 0 Å². The molecule has 3 rings (SSSR count). The van der Waals surface area contributed by atoms with Crippen LogP contribution >= 0.6 is 0 Å². The van der Waals surface area contributed by atoms with Gasteiger partial charge < -0.3 is 14.7 Å². The fourth-order valence-corrected chi connectivity index (χ4v) is 2.19. The SMILES string of the molecule is COc1cccc(C=C2C(=O)ON=C2c2ccccc2)c1O. The highest BCUT2D eigenvalue weighted by Gasteiger charge is 2.27. The van der Waals surface area contributed by atoms with Crippen molar-refractivity contribution < 1.29 is 19.5 Å². The highest BCUT2D eigenvalue weighted by Crippen LogP contribution is 2.32. The Hall–Kier alpha value is -3.08. The Balaban J connectivity index is 2.06. The van der Waals surface area contributed by atoms with E-state index in [1.165, 1.54) is 7.11 Å². The number of methoxy groups -OCH3 is 1. The first-order valence-electron chi connectivity index (χ1n) is 6.63. The van der Waals surface area contributed by atoms with Crippen molar-refractivity contribution in [2.75, 3.05) is 7.11 Å². The highest BCUT2D eigenvalue weighted by atomic mass is 16.7. The monoisotopic (exact) mass is 295 g/mol. The standard InChI is InChI=1S/C17H13NO4/c1-21-14-9-5-8-12(16(14)19)10-13-15(18-22-17(13)20)11-6-3-2-4-7-11/h2-10,19H,1H3. The molecular formula is C17H13NO4. The Morgan fingerprint density at radius 2 is 1.91 bits per heavy atom. The van der Waals surface area contributed by atoms with E-state index >= 15 is 0 Å². The Labute approximate surface area is 127 Å². The van der Waals surface area contributed by atoms with Gasteiger partial charge in [0.2, 0.25) is 0 Å². The Bertz CT molecular complexity index is 779. The molecule has 0 aliphatic carbocycles. The van der Waals surface area contributed by atoms with Crippen LogP contribution in [-0.4, -0.2) is 23.9 Å². The molecule has 5 heteroatoms. The minimum absolute atomic E-state index is 0.0374. The van der Waals surface area contributed by atoms with E-state index in [0.717, 1.165) is 5.56 Å². The molecule has 0 radical (unpaired) electrons. The van der Waals surface area contributed by atoms with Gasteiger partial charge in [-0.25, -0.2) is 4.79 Å². The molecule has 0 amide bonds. The number of carbonyl (C=O) groups excluding carboxylic acids is 1. The summed E-state index contributed by atoms with van der Waals surface area (Å²) in [6.45, 7) is 0. The normalized spacial score (nSPS) is 15.6. The number of nitrogens with zero attached hydrogens (tertiary/aromatic N) is 1. The van der Waals surface area contributed by atoms with Crippen LogP contribution in [0.3, 0.4) is 0 Å². The summed E-state index contributed by atoms with van der Waals surface area (Å²) in [4.78, 5) is 16.7. The number of phenolic OH excluding ortho intramolecular Hbond substituents is 1. The molecule has 0 bridgehead atoms. The molecule has 5 nitrogen and oxygen atoms in total. The lowest BCUT2D eigenvalue weighted by atomic mass is 10.0. The van der Waals surface area contributed by atoms with Crippen LogP contribution in [0, 0.1) is 0 Å². The Morgan fingerprint density at radius 1 is 1.14 bits per heavy atom. The average molecular weight is 295 g/mol. The van der Waals surface area contributed by atoms with Crippen LogP contribution in [0.5, 0.6) is 11.5 Å². The second kappa shape index (κ2) is 5.73. The summed E-state index contributed by atoms with van der Waals surface area (Å²) in [6, 6.07) is 14.3. The van der Waals surface area contributed by atoms with E-state index in [0.29, 0.717) is 17.0 Å². The fourth-order valence-electron chi connectivity index (χ4n) is 2.19. The maximum absolute atomic E-state index is 11.9. The average Bonchev–Trinajstić information content (AvgIpc) is 2.91. The van der Waals surface area contributed by atoms with Gasteiger partial charge in [0.25, 0.3) is 0 Å². The first-order valence-corrected chi connectivity index (χ1v) is 6.63. The second-order valence-corrected chi connectivity index (χ2v) is 4.64. The number of para-hydroxylation sites is 1. The van der Waals surface area contributed by atoms with Gasteiger partial charge in [0.15, 0.2) is 11.5 Å². The van der Waals surface area contributed by atoms with Gasteiger partial charge in [-0.2, -0.15) is 0 Å². The van der Waals surface area contributed by atoms with Crippen LogP contribution in [0.2, 0.25) is 0 Å². The van der Waals surface area contributed by atoms with E-state index in [1.807, 2.05) is 30.3 Å². The number of oxime groups is 1. The maximum Gasteiger partial charge on any atom is 0.368 e. The molecular weight excluding hydrogens is 282 g/mol. The van der Waals surface area contributed by atoms with Gasteiger partial charge in [-0.3, -0.25) is 0 Å². The van der Waals surface area contributed by atoms with Gasteiger partial charge >= 0.3 is 5.97 Å². The van der Waals surface area contributed by atoms with E-state index in [9.17, 15) is 9.90 Å². The Kier molecular flexibility index (Phi) is 3.62. The van der Waals surface area contributed by atoms with Gasteiger partial charge in [0.05, 0.1) is 12.7 Å². The second-order valence-electron chi connectivity index (χ2n) is 4.64. The first-order chi connectivity index (χ1) is 10.7. The third-order valence-electron chi connectivity index (χ3n) is 3.29. The summed E-state index contributed by atoms with van der Waals surface area (Å²) in [5.41, 5.74) is 1.95. The van der Waals surface area contributed by atoms with Crippen LogP contribution < -0.4 is 4.74 Å².